The van der Waals surface area contributed by atoms with Gasteiger partial charge in [-0.15, -0.1) is 0 Å². The molecule has 0 aliphatic carbocycles. The molecule has 2 N–H and O–H groups in total. The first-order valence-corrected chi connectivity index (χ1v) is 11.8. The third-order valence-electron chi connectivity index (χ3n) is 5.75. The van der Waals surface area contributed by atoms with E-state index >= 15 is 0 Å². The van der Waals surface area contributed by atoms with Gasteiger partial charge in [-0.1, -0.05) is 23.7 Å². The molecule has 196 valence electrons. The number of alkyl halides is 3. The third kappa shape index (κ3) is 5.60. The quantitative estimate of drug-likeness (QED) is 0.186. The zero-order chi connectivity index (χ0) is 26.9. The van der Waals surface area contributed by atoms with Crippen molar-refractivity contribution < 1.29 is 27.1 Å². The average Bonchev–Trinajstić information content (AvgIpc) is 3.59. The van der Waals surface area contributed by atoms with E-state index in [1.165, 1.54) is 18.3 Å². The first kappa shape index (κ1) is 25.6. The summed E-state index contributed by atoms with van der Waals surface area (Å²) in [5, 5.41) is 9.43. The molecule has 0 unspecified atom stereocenters. The minimum absolute atomic E-state index is 0.00498. The van der Waals surface area contributed by atoms with Crippen LogP contribution in [0.4, 0.5) is 29.2 Å². The van der Waals surface area contributed by atoms with E-state index in [1.54, 1.807) is 24.3 Å². The molecule has 38 heavy (non-hydrogen) atoms. The van der Waals surface area contributed by atoms with Gasteiger partial charge in [0.25, 0.3) is 0 Å². The van der Waals surface area contributed by atoms with Crippen LogP contribution in [-0.2, 0) is 11.0 Å². The maximum absolute atomic E-state index is 13.5. The number of carbonyl (C=O) groups is 1. The minimum atomic E-state index is -4.66. The lowest BCUT2D eigenvalue weighted by atomic mass is 10.1. The lowest BCUT2D eigenvalue weighted by molar-refractivity contribution is -0.141. The summed E-state index contributed by atoms with van der Waals surface area (Å²) in [5.41, 5.74) is 0.0566. The fourth-order valence-corrected chi connectivity index (χ4v) is 4.09. The monoisotopic (exact) mass is 546 g/mol. The molecule has 2 aromatic heterocycles. The largest absolute Gasteiger partial charge is 0.435 e. The number of benzene rings is 2. The fraction of sp³-hybridized carbons (Fsp3) is 0.200. The van der Waals surface area contributed by atoms with E-state index < -0.39 is 29.7 Å². The van der Waals surface area contributed by atoms with Gasteiger partial charge in [-0.3, -0.25) is 0 Å². The predicted octanol–water partition coefficient (Wildman–Crippen LogP) is 5.54. The van der Waals surface area contributed by atoms with Crippen molar-refractivity contribution in [2.75, 3.05) is 11.9 Å². The first-order valence-electron chi connectivity index (χ1n) is 11.5. The Morgan fingerprint density at radius 3 is 2.74 bits per heavy atom. The Kier molecular flexibility index (Phi) is 7.00. The van der Waals surface area contributed by atoms with Crippen molar-refractivity contribution >= 4 is 29.2 Å². The summed E-state index contributed by atoms with van der Waals surface area (Å²) in [5.74, 6) is -0.755. The van der Waals surface area contributed by atoms with Gasteiger partial charge in [0.05, 0.1) is 5.02 Å². The van der Waals surface area contributed by atoms with Gasteiger partial charge in [0.2, 0.25) is 5.95 Å². The highest BCUT2D eigenvalue weighted by Crippen LogP contribution is 2.32. The van der Waals surface area contributed by atoms with Crippen LogP contribution in [0, 0.1) is 5.82 Å². The Bertz CT molecular complexity index is 1490. The molecule has 1 aliphatic heterocycles. The van der Waals surface area contributed by atoms with Crippen molar-refractivity contribution in [3.8, 4) is 22.7 Å². The topological polar surface area (TPSA) is 94.0 Å². The van der Waals surface area contributed by atoms with Crippen LogP contribution in [0.5, 0.6) is 5.75 Å². The highest BCUT2D eigenvalue weighted by Gasteiger charge is 2.34. The zero-order valence-corrected chi connectivity index (χ0v) is 20.2. The molecule has 0 saturated carbocycles. The summed E-state index contributed by atoms with van der Waals surface area (Å²) >= 11 is 5.83. The van der Waals surface area contributed by atoms with Crippen molar-refractivity contribution in [2.24, 2.45) is 0 Å². The van der Waals surface area contributed by atoms with Gasteiger partial charge in [0.1, 0.15) is 17.6 Å². The molecule has 0 spiro atoms. The number of esters is 1. The minimum Gasteiger partial charge on any atom is -0.425 e. The molecule has 1 saturated heterocycles. The molecule has 1 aliphatic rings. The molecular weight excluding hydrogens is 528 g/mol. The van der Waals surface area contributed by atoms with Crippen molar-refractivity contribution in [1.82, 2.24) is 25.1 Å². The Hall–Kier alpha value is -4.03. The van der Waals surface area contributed by atoms with E-state index in [4.69, 9.17) is 16.3 Å². The van der Waals surface area contributed by atoms with Crippen molar-refractivity contribution in [2.45, 2.75) is 25.1 Å². The van der Waals surface area contributed by atoms with Gasteiger partial charge in [-0.2, -0.15) is 23.3 Å². The van der Waals surface area contributed by atoms with E-state index in [0.717, 1.165) is 36.0 Å². The van der Waals surface area contributed by atoms with Crippen LogP contribution in [0.1, 0.15) is 18.5 Å². The van der Waals surface area contributed by atoms with E-state index in [1.807, 2.05) is 0 Å². The molecule has 2 aromatic carbocycles. The second-order valence-corrected chi connectivity index (χ2v) is 8.83. The number of rotatable bonds is 6. The summed E-state index contributed by atoms with van der Waals surface area (Å²) in [7, 11) is 0. The van der Waals surface area contributed by atoms with E-state index in [0.29, 0.717) is 23.2 Å². The van der Waals surface area contributed by atoms with Crippen LogP contribution < -0.4 is 15.4 Å². The molecule has 1 atom stereocenters. The fourth-order valence-electron chi connectivity index (χ4n) is 3.91. The predicted molar refractivity (Wildman–Crippen MR) is 131 cm³/mol. The lowest BCUT2D eigenvalue weighted by Gasteiger charge is -2.14. The smallest absolute Gasteiger partial charge is 0.425 e. The Labute approximate surface area is 218 Å². The van der Waals surface area contributed by atoms with Crippen LogP contribution in [-0.4, -0.2) is 38.3 Å². The zero-order valence-electron chi connectivity index (χ0n) is 19.5. The number of halogens is 5. The number of nitrogens with one attached hydrogen (secondary N) is 2. The Balaban J connectivity index is 1.52. The van der Waals surface area contributed by atoms with Gasteiger partial charge in [0.15, 0.2) is 11.5 Å². The van der Waals surface area contributed by atoms with Crippen LogP contribution in [0.2, 0.25) is 5.02 Å². The molecule has 0 radical (unpaired) electrons. The maximum Gasteiger partial charge on any atom is 0.435 e. The summed E-state index contributed by atoms with van der Waals surface area (Å²) in [6, 6.07) is 10.8. The van der Waals surface area contributed by atoms with E-state index in [9.17, 15) is 22.4 Å². The number of ether oxygens (including phenoxy) is 1. The SMILES string of the molecule is O=C(Oc1cccc(-c2cnc(Nc3ccc(F)c(Cl)c3)nc2-n2ccc(C(F)(F)F)n2)c1)[C@@H]1CCCN1. The normalized spacial score (nSPS) is 15.4. The summed E-state index contributed by atoms with van der Waals surface area (Å²) in [6.07, 6.45) is -0.598. The molecule has 13 heteroatoms. The van der Waals surface area contributed by atoms with Crippen LogP contribution in [0.25, 0.3) is 16.9 Å². The van der Waals surface area contributed by atoms with Gasteiger partial charge in [-0.05, 0) is 61.3 Å². The maximum atomic E-state index is 13.5. The number of aromatic nitrogens is 4. The Morgan fingerprint density at radius 1 is 1.18 bits per heavy atom. The number of carbonyl (C=O) groups excluding carboxylic acids is 1. The molecule has 4 aromatic rings. The average molecular weight is 547 g/mol. The van der Waals surface area contributed by atoms with Crippen molar-refractivity contribution in [1.29, 1.82) is 0 Å². The molecule has 8 nitrogen and oxygen atoms in total. The molecule has 3 heterocycles. The standard InChI is InChI=1S/C25H19ClF4N6O2/c26-18-12-15(6-7-19(18)27)33-24-32-13-17(22(34-24)36-10-8-21(35-36)25(28,29)30)14-3-1-4-16(11-14)38-23(37)20-5-2-9-31-20/h1,3-4,6-8,10-13,20,31H,2,5,9H2,(H,32,33,34)/t20-/m0/s1. The van der Waals surface area contributed by atoms with Gasteiger partial charge in [-0.25, -0.2) is 18.9 Å². The van der Waals surface area contributed by atoms with Crippen molar-refractivity contribution in [3.05, 3.63) is 77.5 Å². The second kappa shape index (κ2) is 10.4. The Morgan fingerprint density at radius 2 is 2.03 bits per heavy atom. The van der Waals surface area contributed by atoms with Gasteiger partial charge >= 0.3 is 12.1 Å². The molecule has 0 amide bonds. The summed E-state index contributed by atoms with van der Waals surface area (Å²) < 4.78 is 59.8. The highest BCUT2D eigenvalue weighted by molar-refractivity contribution is 6.31. The van der Waals surface area contributed by atoms with Crippen molar-refractivity contribution in [3.63, 3.8) is 0 Å². The number of hydrogen-bond acceptors (Lipinski definition) is 7. The van der Waals surface area contributed by atoms with E-state index in [2.05, 4.69) is 25.7 Å². The molecular formula is C25H19ClF4N6O2. The second-order valence-electron chi connectivity index (χ2n) is 8.43. The van der Waals surface area contributed by atoms with E-state index in [-0.39, 0.29) is 22.5 Å². The lowest BCUT2D eigenvalue weighted by Crippen LogP contribution is -2.34. The van der Waals surface area contributed by atoms with Crippen LogP contribution >= 0.6 is 11.6 Å². The first-order chi connectivity index (χ1) is 18.2. The molecule has 5 rings (SSSR count). The van der Waals surface area contributed by atoms with Gasteiger partial charge < -0.3 is 15.4 Å². The molecule has 0 bridgehead atoms. The number of anilines is 2. The number of hydrogen-bond donors (Lipinski definition) is 2. The number of nitrogens with zero attached hydrogens (tertiary/aromatic N) is 4. The third-order valence-corrected chi connectivity index (χ3v) is 6.04. The van der Waals surface area contributed by atoms with Crippen LogP contribution in [0.15, 0.2) is 60.9 Å². The molecule has 1 fully saturated rings. The summed E-state index contributed by atoms with van der Waals surface area (Å²) in [4.78, 5) is 21.1. The van der Waals surface area contributed by atoms with Crippen LogP contribution in [0.3, 0.4) is 0 Å². The summed E-state index contributed by atoms with van der Waals surface area (Å²) in [6.45, 7) is 0.731. The van der Waals surface area contributed by atoms with Gasteiger partial charge in [0, 0.05) is 23.6 Å². The highest BCUT2D eigenvalue weighted by atomic mass is 35.5.